The van der Waals surface area contributed by atoms with Gasteiger partial charge in [-0.2, -0.15) is 0 Å². The van der Waals surface area contributed by atoms with Gasteiger partial charge in [0.2, 0.25) is 5.91 Å². The molecule has 0 bridgehead atoms. The second-order valence-corrected chi connectivity index (χ2v) is 11.4. The molecule has 4 aromatic rings. The van der Waals surface area contributed by atoms with Gasteiger partial charge in [-0.05, 0) is 59.7 Å². The molecular formula is C28H24N4O4S2. The number of carbonyl (C=O) groups is 2. The number of sulfonamides is 1. The molecule has 38 heavy (non-hydrogen) atoms. The van der Waals surface area contributed by atoms with Crippen LogP contribution in [-0.4, -0.2) is 35.9 Å². The Bertz CT molecular complexity index is 1530. The van der Waals surface area contributed by atoms with Crippen LogP contribution in [0.4, 0.5) is 11.4 Å². The minimum Gasteiger partial charge on any atom is -0.322 e. The number of aromatic nitrogens is 1. The van der Waals surface area contributed by atoms with Crippen LogP contribution in [0.15, 0.2) is 108 Å². The zero-order valence-electron chi connectivity index (χ0n) is 20.2. The molecule has 10 heteroatoms. The van der Waals surface area contributed by atoms with Gasteiger partial charge in [0, 0.05) is 24.0 Å². The van der Waals surface area contributed by atoms with Crippen LogP contribution in [0.1, 0.15) is 26.9 Å². The molecule has 1 aliphatic heterocycles. The van der Waals surface area contributed by atoms with Crippen molar-refractivity contribution in [3.8, 4) is 0 Å². The predicted octanol–water partition coefficient (Wildman–Crippen LogP) is 4.91. The van der Waals surface area contributed by atoms with Crippen LogP contribution < -0.4 is 10.0 Å². The number of nitrogens with one attached hydrogen (secondary N) is 2. The zero-order chi connectivity index (χ0) is 26.5. The minimum absolute atomic E-state index is 0.0624. The Hall–Kier alpha value is -4.15. The Kier molecular flexibility index (Phi) is 7.43. The molecule has 1 fully saturated rings. The second kappa shape index (κ2) is 11.1. The van der Waals surface area contributed by atoms with Crippen LogP contribution in [0.5, 0.6) is 0 Å². The van der Waals surface area contributed by atoms with E-state index < -0.39 is 10.0 Å². The van der Waals surface area contributed by atoms with Crippen molar-refractivity contribution in [2.45, 2.75) is 16.8 Å². The summed E-state index contributed by atoms with van der Waals surface area (Å²) in [5, 5.41) is 2.67. The largest absolute Gasteiger partial charge is 0.322 e. The van der Waals surface area contributed by atoms with Crippen LogP contribution in [0, 0.1) is 0 Å². The first-order valence-electron chi connectivity index (χ1n) is 11.8. The number of hydrogen-bond donors (Lipinski definition) is 2. The number of pyridine rings is 1. The van der Waals surface area contributed by atoms with Gasteiger partial charge < -0.3 is 10.2 Å². The zero-order valence-corrected chi connectivity index (χ0v) is 21.8. The third-order valence-corrected chi connectivity index (χ3v) is 8.61. The molecule has 1 unspecified atom stereocenters. The maximum Gasteiger partial charge on any atom is 0.261 e. The Balaban J connectivity index is 1.23. The SMILES string of the molecule is O=C(Nc1ccc(S(=O)(=O)Nc2cccnc2)cc1)c1ccc(C2SCC(=O)N2Cc2ccccc2)cc1. The van der Waals surface area contributed by atoms with E-state index in [1.54, 1.807) is 42.2 Å². The maximum absolute atomic E-state index is 12.8. The Morgan fingerprint density at radius 2 is 1.66 bits per heavy atom. The second-order valence-electron chi connectivity index (χ2n) is 8.62. The summed E-state index contributed by atoms with van der Waals surface area (Å²) < 4.78 is 27.6. The van der Waals surface area contributed by atoms with Crippen molar-refractivity contribution < 1.29 is 18.0 Å². The smallest absolute Gasteiger partial charge is 0.261 e. The standard InChI is InChI=1S/C28H24N4O4S2/c33-26-19-37-28(32(26)18-20-5-2-1-3-6-20)22-10-8-21(9-11-22)27(34)30-23-12-14-25(15-13-23)38(35,36)31-24-7-4-16-29-17-24/h1-17,28,31H,18-19H2,(H,30,34). The Morgan fingerprint density at radius 3 is 2.34 bits per heavy atom. The number of carbonyl (C=O) groups excluding carboxylic acids is 2. The molecule has 1 saturated heterocycles. The van der Waals surface area contributed by atoms with Crippen LogP contribution >= 0.6 is 11.8 Å². The normalized spacial score (nSPS) is 15.3. The fourth-order valence-corrected chi connectivity index (χ4v) is 6.27. The first-order chi connectivity index (χ1) is 18.4. The van der Waals surface area contributed by atoms with Crippen molar-refractivity contribution in [3.05, 3.63) is 120 Å². The summed E-state index contributed by atoms with van der Waals surface area (Å²) in [6, 6.07) is 26.2. The van der Waals surface area contributed by atoms with E-state index in [-0.39, 0.29) is 22.1 Å². The number of benzene rings is 3. The van der Waals surface area contributed by atoms with Crippen LogP contribution in [0.2, 0.25) is 0 Å². The van der Waals surface area contributed by atoms with Crippen LogP contribution in [0.25, 0.3) is 0 Å². The van der Waals surface area contributed by atoms with Gasteiger partial charge in [0.15, 0.2) is 0 Å². The molecule has 2 N–H and O–H groups in total. The minimum atomic E-state index is -3.78. The molecule has 0 spiro atoms. The summed E-state index contributed by atoms with van der Waals surface area (Å²) >= 11 is 1.57. The summed E-state index contributed by atoms with van der Waals surface area (Å²) in [6.45, 7) is 0.531. The monoisotopic (exact) mass is 544 g/mol. The average molecular weight is 545 g/mol. The van der Waals surface area contributed by atoms with Crippen molar-refractivity contribution in [1.29, 1.82) is 0 Å². The molecule has 0 saturated carbocycles. The van der Waals surface area contributed by atoms with E-state index in [9.17, 15) is 18.0 Å². The molecule has 1 aromatic heterocycles. The van der Waals surface area contributed by atoms with E-state index >= 15 is 0 Å². The highest BCUT2D eigenvalue weighted by atomic mass is 32.2. The first-order valence-corrected chi connectivity index (χ1v) is 14.3. The summed E-state index contributed by atoms with van der Waals surface area (Å²) in [4.78, 5) is 31.1. The van der Waals surface area contributed by atoms with E-state index in [0.29, 0.717) is 29.2 Å². The number of anilines is 2. The Labute approximate surface area is 225 Å². The molecule has 0 aliphatic carbocycles. The molecule has 8 nitrogen and oxygen atoms in total. The van der Waals surface area contributed by atoms with Crippen LogP contribution in [-0.2, 0) is 21.4 Å². The van der Waals surface area contributed by atoms with Crippen molar-refractivity contribution in [3.63, 3.8) is 0 Å². The number of hydrogen-bond acceptors (Lipinski definition) is 6. The summed E-state index contributed by atoms with van der Waals surface area (Å²) in [5.41, 5.74) is 3.29. The number of amides is 2. The highest BCUT2D eigenvalue weighted by Gasteiger charge is 2.32. The highest BCUT2D eigenvalue weighted by molar-refractivity contribution is 8.00. The van der Waals surface area contributed by atoms with Gasteiger partial charge in [-0.25, -0.2) is 8.42 Å². The number of thioether (sulfide) groups is 1. The number of nitrogens with zero attached hydrogens (tertiary/aromatic N) is 2. The molecule has 0 radical (unpaired) electrons. The van der Waals surface area contributed by atoms with Crippen molar-refractivity contribution in [2.24, 2.45) is 0 Å². The topological polar surface area (TPSA) is 108 Å². The van der Waals surface area contributed by atoms with Crippen molar-refractivity contribution in [1.82, 2.24) is 9.88 Å². The third-order valence-electron chi connectivity index (χ3n) is 5.96. The lowest BCUT2D eigenvalue weighted by atomic mass is 10.1. The van der Waals surface area contributed by atoms with Crippen molar-refractivity contribution in [2.75, 3.05) is 15.8 Å². The lowest BCUT2D eigenvalue weighted by Gasteiger charge is -2.24. The van der Waals surface area contributed by atoms with Gasteiger partial charge in [-0.1, -0.05) is 42.5 Å². The maximum atomic E-state index is 12.8. The van der Waals surface area contributed by atoms with Gasteiger partial charge >= 0.3 is 0 Å². The van der Waals surface area contributed by atoms with E-state index in [0.717, 1.165) is 11.1 Å². The van der Waals surface area contributed by atoms with E-state index in [2.05, 4.69) is 15.0 Å². The summed E-state index contributed by atoms with van der Waals surface area (Å²) in [7, 11) is -3.78. The molecule has 5 rings (SSSR count). The quantitative estimate of drug-likeness (QED) is 0.326. The van der Waals surface area contributed by atoms with Crippen molar-refractivity contribution >= 4 is 45.0 Å². The van der Waals surface area contributed by atoms with Gasteiger partial charge in [-0.3, -0.25) is 19.3 Å². The number of rotatable bonds is 8. The Morgan fingerprint density at radius 1 is 0.921 bits per heavy atom. The van der Waals surface area contributed by atoms with E-state index in [4.69, 9.17) is 0 Å². The van der Waals surface area contributed by atoms with E-state index in [1.165, 1.54) is 30.5 Å². The predicted molar refractivity (Wildman–Crippen MR) is 148 cm³/mol. The molecule has 2 heterocycles. The van der Waals surface area contributed by atoms with E-state index in [1.807, 2.05) is 47.4 Å². The highest BCUT2D eigenvalue weighted by Crippen LogP contribution is 2.39. The molecule has 3 aromatic carbocycles. The average Bonchev–Trinajstić information content (AvgIpc) is 3.29. The molecule has 1 aliphatic rings. The lowest BCUT2D eigenvalue weighted by molar-refractivity contribution is -0.128. The molecule has 2 amide bonds. The van der Waals surface area contributed by atoms with Gasteiger partial charge in [-0.15, -0.1) is 11.8 Å². The fourth-order valence-electron chi connectivity index (χ4n) is 4.04. The van der Waals surface area contributed by atoms with Gasteiger partial charge in [0.25, 0.3) is 15.9 Å². The van der Waals surface area contributed by atoms with Crippen LogP contribution in [0.3, 0.4) is 0 Å². The summed E-state index contributed by atoms with van der Waals surface area (Å²) in [5.74, 6) is 0.187. The third kappa shape index (κ3) is 5.87. The molecule has 1 atom stereocenters. The molecular weight excluding hydrogens is 520 g/mol. The van der Waals surface area contributed by atoms with Gasteiger partial charge in [0.05, 0.1) is 22.5 Å². The first kappa shape index (κ1) is 25.5. The molecule has 192 valence electrons. The van der Waals surface area contributed by atoms with Gasteiger partial charge in [0.1, 0.15) is 5.37 Å². The summed E-state index contributed by atoms with van der Waals surface area (Å²) in [6.07, 6.45) is 2.97. The fraction of sp³-hybridized carbons (Fsp3) is 0.107. The lowest BCUT2D eigenvalue weighted by Crippen LogP contribution is -2.27.